The molecule has 1 aliphatic heterocycles. The van der Waals surface area contributed by atoms with Crippen molar-refractivity contribution in [2.24, 2.45) is 0 Å². The second-order valence-corrected chi connectivity index (χ2v) is 4.85. The molecule has 1 heterocycles. The summed E-state index contributed by atoms with van der Waals surface area (Å²) in [7, 11) is -3.27. The van der Waals surface area contributed by atoms with Crippen LogP contribution in [-0.2, 0) is 14.6 Å². The van der Waals surface area contributed by atoms with Crippen molar-refractivity contribution >= 4 is 9.84 Å². The third kappa shape index (κ3) is 1.70. The van der Waals surface area contributed by atoms with E-state index in [4.69, 9.17) is 10.00 Å². The summed E-state index contributed by atoms with van der Waals surface area (Å²) in [6.45, 7) is 1.75. The average molecular weight is 175 g/mol. The van der Waals surface area contributed by atoms with Crippen LogP contribution in [-0.4, -0.2) is 32.1 Å². The number of sulfone groups is 1. The lowest BCUT2D eigenvalue weighted by molar-refractivity contribution is 0.380. The maximum atomic E-state index is 10.9. The van der Waals surface area contributed by atoms with Crippen LogP contribution >= 0.6 is 0 Å². The van der Waals surface area contributed by atoms with Gasteiger partial charge in [0.05, 0.1) is 12.2 Å². The first kappa shape index (κ1) is 8.50. The first-order valence-electron chi connectivity index (χ1n) is 3.20. The standard InChI is InChI=1S/C6H9NO3S/c1-4-6(10-4)5(3-7)11(2,8)9/h4-6H,1-2H3. The van der Waals surface area contributed by atoms with E-state index in [-0.39, 0.29) is 6.10 Å². The van der Waals surface area contributed by atoms with Crippen LogP contribution in [0.25, 0.3) is 0 Å². The average Bonchev–Trinajstić information content (AvgIpc) is 2.45. The molecule has 1 aliphatic rings. The number of ether oxygens (including phenoxy) is 1. The lowest BCUT2D eigenvalue weighted by Gasteiger charge is -2.00. The van der Waals surface area contributed by atoms with Crippen molar-refractivity contribution in [3.63, 3.8) is 0 Å². The second kappa shape index (κ2) is 2.47. The van der Waals surface area contributed by atoms with Gasteiger partial charge >= 0.3 is 0 Å². The minimum atomic E-state index is -3.27. The number of nitriles is 1. The van der Waals surface area contributed by atoms with E-state index >= 15 is 0 Å². The molecule has 62 valence electrons. The highest BCUT2D eigenvalue weighted by molar-refractivity contribution is 7.91. The Morgan fingerprint density at radius 2 is 2.09 bits per heavy atom. The number of epoxide rings is 1. The Balaban J connectivity index is 2.76. The van der Waals surface area contributed by atoms with Crippen molar-refractivity contribution < 1.29 is 13.2 Å². The Labute approximate surface area is 65.7 Å². The lowest BCUT2D eigenvalue weighted by Crippen LogP contribution is -2.24. The zero-order chi connectivity index (χ0) is 8.65. The molecule has 1 rings (SSSR count). The van der Waals surface area contributed by atoms with Gasteiger partial charge in [-0.1, -0.05) is 0 Å². The molecule has 0 N–H and O–H groups in total. The fourth-order valence-electron chi connectivity index (χ4n) is 0.933. The van der Waals surface area contributed by atoms with Crippen molar-refractivity contribution in [1.29, 1.82) is 5.26 Å². The first-order valence-corrected chi connectivity index (χ1v) is 5.16. The van der Waals surface area contributed by atoms with Crippen molar-refractivity contribution in [2.75, 3.05) is 6.26 Å². The van der Waals surface area contributed by atoms with Gasteiger partial charge in [0.2, 0.25) is 0 Å². The van der Waals surface area contributed by atoms with Gasteiger partial charge in [0, 0.05) is 6.26 Å². The van der Waals surface area contributed by atoms with Gasteiger partial charge in [-0.05, 0) is 6.92 Å². The minimum Gasteiger partial charge on any atom is -0.367 e. The van der Waals surface area contributed by atoms with E-state index in [1.54, 1.807) is 13.0 Å². The summed E-state index contributed by atoms with van der Waals surface area (Å²) >= 11 is 0. The normalized spacial score (nSPS) is 32.5. The molecule has 0 radical (unpaired) electrons. The minimum absolute atomic E-state index is 0.0885. The molecule has 3 unspecified atom stereocenters. The molecule has 0 spiro atoms. The maximum Gasteiger partial charge on any atom is 0.176 e. The summed E-state index contributed by atoms with van der Waals surface area (Å²) in [5.74, 6) is 0. The molecule has 4 nitrogen and oxygen atoms in total. The van der Waals surface area contributed by atoms with E-state index < -0.39 is 21.2 Å². The van der Waals surface area contributed by atoms with Crippen LogP contribution in [0.1, 0.15) is 6.92 Å². The lowest BCUT2D eigenvalue weighted by atomic mass is 10.3. The van der Waals surface area contributed by atoms with Gasteiger partial charge in [-0.25, -0.2) is 8.42 Å². The molecule has 0 aromatic carbocycles. The molecule has 11 heavy (non-hydrogen) atoms. The summed E-state index contributed by atoms with van der Waals surface area (Å²) in [6.07, 6.45) is 0.555. The Morgan fingerprint density at radius 1 is 1.64 bits per heavy atom. The fourth-order valence-corrected chi connectivity index (χ4v) is 1.90. The van der Waals surface area contributed by atoms with Crippen LogP contribution in [0.4, 0.5) is 0 Å². The Bertz CT molecular complexity index is 289. The summed E-state index contributed by atoms with van der Waals surface area (Å²) in [5, 5.41) is 7.49. The summed E-state index contributed by atoms with van der Waals surface area (Å²) < 4.78 is 26.7. The highest BCUT2D eigenvalue weighted by atomic mass is 32.2. The SMILES string of the molecule is CC1OC1C(C#N)S(C)(=O)=O. The van der Waals surface area contributed by atoms with Crippen molar-refractivity contribution in [3.05, 3.63) is 0 Å². The first-order chi connectivity index (χ1) is 4.96. The van der Waals surface area contributed by atoms with Crippen molar-refractivity contribution in [1.82, 2.24) is 0 Å². The van der Waals surface area contributed by atoms with Gasteiger partial charge in [-0.2, -0.15) is 5.26 Å². The highest BCUT2D eigenvalue weighted by Crippen LogP contribution is 2.27. The van der Waals surface area contributed by atoms with Crippen LogP contribution in [0.5, 0.6) is 0 Å². The Hall–Kier alpha value is -0.600. The number of hydrogen-bond donors (Lipinski definition) is 0. The molecule has 1 fully saturated rings. The van der Waals surface area contributed by atoms with E-state index in [9.17, 15) is 8.42 Å². The third-order valence-electron chi connectivity index (χ3n) is 1.64. The molecular weight excluding hydrogens is 166 g/mol. The number of hydrogen-bond acceptors (Lipinski definition) is 4. The molecule has 0 bridgehead atoms. The van der Waals surface area contributed by atoms with Crippen molar-refractivity contribution in [3.8, 4) is 6.07 Å². The number of rotatable bonds is 2. The molecule has 3 atom stereocenters. The molecule has 0 aliphatic carbocycles. The second-order valence-electron chi connectivity index (χ2n) is 2.69. The molecule has 0 saturated carbocycles. The number of nitrogens with zero attached hydrogens (tertiary/aromatic N) is 1. The van der Waals surface area contributed by atoms with Gasteiger partial charge < -0.3 is 4.74 Å². The smallest absolute Gasteiger partial charge is 0.176 e. The van der Waals surface area contributed by atoms with Gasteiger partial charge in [0.1, 0.15) is 6.10 Å². The quantitative estimate of drug-likeness (QED) is 0.541. The van der Waals surface area contributed by atoms with Gasteiger partial charge in [0.15, 0.2) is 15.1 Å². The fraction of sp³-hybridized carbons (Fsp3) is 0.833. The molecule has 5 heteroatoms. The van der Waals surface area contributed by atoms with E-state index in [0.717, 1.165) is 6.26 Å². The van der Waals surface area contributed by atoms with Crippen LogP contribution in [0.2, 0.25) is 0 Å². The van der Waals surface area contributed by atoms with Crippen molar-refractivity contribution in [2.45, 2.75) is 24.4 Å². The molecular formula is C6H9NO3S. The van der Waals surface area contributed by atoms with Crippen LogP contribution in [0.15, 0.2) is 0 Å². The molecule has 0 amide bonds. The maximum absolute atomic E-state index is 10.9. The molecule has 0 aromatic rings. The van der Waals surface area contributed by atoms with Gasteiger partial charge in [-0.15, -0.1) is 0 Å². The predicted molar refractivity (Wildman–Crippen MR) is 38.6 cm³/mol. The summed E-state index contributed by atoms with van der Waals surface area (Å²) in [4.78, 5) is 0. The third-order valence-corrected chi connectivity index (χ3v) is 2.94. The van der Waals surface area contributed by atoms with E-state index in [0.29, 0.717) is 0 Å². The van der Waals surface area contributed by atoms with Gasteiger partial charge in [-0.3, -0.25) is 0 Å². The zero-order valence-electron chi connectivity index (χ0n) is 6.31. The van der Waals surface area contributed by atoms with Gasteiger partial charge in [0.25, 0.3) is 0 Å². The van der Waals surface area contributed by atoms with Crippen LogP contribution in [0.3, 0.4) is 0 Å². The largest absolute Gasteiger partial charge is 0.367 e. The van der Waals surface area contributed by atoms with E-state index in [1.165, 1.54) is 0 Å². The predicted octanol–water partition coefficient (Wildman–Crippen LogP) is -0.290. The Morgan fingerprint density at radius 3 is 2.18 bits per heavy atom. The van der Waals surface area contributed by atoms with Crippen LogP contribution < -0.4 is 0 Å². The monoisotopic (exact) mass is 175 g/mol. The molecule has 1 saturated heterocycles. The molecule has 0 aromatic heterocycles. The summed E-state index contributed by atoms with van der Waals surface area (Å²) in [6, 6.07) is 1.72. The highest BCUT2D eigenvalue weighted by Gasteiger charge is 2.46. The zero-order valence-corrected chi connectivity index (χ0v) is 7.13. The van der Waals surface area contributed by atoms with E-state index in [2.05, 4.69) is 0 Å². The van der Waals surface area contributed by atoms with Crippen LogP contribution in [0, 0.1) is 11.3 Å². The summed E-state index contributed by atoms with van der Waals surface area (Å²) in [5.41, 5.74) is 0. The topological polar surface area (TPSA) is 70.5 Å². The Kier molecular flexibility index (Phi) is 1.90. The van der Waals surface area contributed by atoms with E-state index in [1.807, 2.05) is 0 Å².